The van der Waals surface area contributed by atoms with E-state index >= 15 is 0 Å². The van der Waals surface area contributed by atoms with Gasteiger partial charge in [-0.2, -0.15) is 4.98 Å². The molecule has 0 saturated heterocycles. The summed E-state index contributed by atoms with van der Waals surface area (Å²) in [5.41, 5.74) is 3.25. The molecule has 1 aromatic heterocycles. The SMILES string of the molecule is CCCN1CC=Cc2cnc(Nc3ccc(Br)c(C)c3)nc21. The van der Waals surface area contributed by atoms with Gasteiger partial charge < -0.3 is 10.2 Å². The van der Waals surface area contributed by atoms with Gasteiger partial charge in [0.1, 0.15) is 5.82 Å². The molecule has 0 fully saturated rings. The summed E-state index contributed by atoms with van der Waals surface area (Å²) in [7, 11) is 0. The summed E-state index contributed by atoms with van der Waals surface area (Å²) in [6, 6.07) is 6.13. The Kier molecular flexibility index (Phi) is 4.43. The Bertz CT molecular complexity index is 712. The Morgan fingerprint density at radius 2 is 2.23 bits per heavy atom. The second-order valence-corrected chi connectivity index (χ2v) is 6.26. The van der Waals surface area contributed by atoms with Crippen molar-refractivity contribution in [1.29, 1.82) is 0 Å². The maximum atomic E-state index is 4.70. The number of halogens is 1. The van der Waals surface area contributed by atoms with E-state index < -0.39 is 0 Å². The number of hydrogen-bond donors (Lipinski definition) is 1. The number of aromatic nitrogens is 2. The molecule has 0 bridgehead atoms. The molecule has 1 N–H and O–H groups in total. The van der Waals surface area contributed by atoms with Crippen molar-refractivity contribution in [2.45, 2.75) is 20.3 Å². The minimum Gasteiger partial charge on any atom is -0.352 e. The van der Waals surface area contributed by atoms with E-state index in [9.17, 15) is 0 Å². The van der Waals surface area contributed by atoms with E-state index in [1.165, 1.54) is 5.56 Å². The van der Waals surface area contributed by atoms with E-state index in [0.717, 1.165) is 41.1 Å². The Morgan fingerprint density at radius 1 is 1.36 bits per heavy atom. The lowest BCUT2D eigenvalue weighted by Crippen LogP contribution is -2.28. The molecular formula is C17H19BrN4. The maximum Gasteiger partial charge on any atom is 0.229 e. The fourth-order valence-electron chi connectivity index (χ4n) is 2.53. The third-order valence-corrected chi connectivity index (χ3v) is 4.52. The molecular weight excluding hydrogens is 340 g/mol. The van der Waals surface area contributed by atoms with Crippen LogP contribution in [0.5, 0.6) is 0 Å². The van der Waals surface area contributed by atoms with Crippen LogP contribution in [0, 0.1) is 6.92 Å². The highest BCUT2D eigenvalue weighted by Gasteiger charge is 2.15. The number of nitrogens with zero attached hydrogens (tertiary/aromatic N) is 3. The third-order valence-electron chi connectivity index (χ3n) is 3.63. The Hall–Kier alpha value is -1.88. The summed E-state index contributed by atoms with van der Waals surface area (Å²) in [6.45, 7) is 6.17. The number of fused-ring (bicyclic) bond motifs is 1. The van der Waals surface area contributed by atoms with Gasteiger partial charge in [-0.15, -0.1) is 0 Å². The summed E-state index contributed by atoms with van der Waals surface area (Å²) in [6.07, 6.45) is 7.24. The van der Waals surface area contributed by atoms with Crippen LogP contribution < -0.4 is 10.2 Å². The number of anilines is 3. The highest BCUT2D eigenvalue weighted by atomic mass is 79.9. The summed E-state index contributed by atoms with van der Waals surface area (Å²) in [5.74, 6) is 1.65. The molecule has 5 heteroatoms. The number of hydrogen-bond acceptors (Lipinski definition) is 4. The number of rotatable bonds is 4. The van der Waals surface area contributed by atoms with Crippen molar-refractivity contribution in [3.8, 4) is 0 Å². The lowest BCUT2D eigenvalue weighted by molar-refractivity contribution is 0.795. The molecule has 22 heavy (non-hydrogen) atoms. The number of nitrogens with one attached hydrogen (secondary N) is 1. The maximum absolute atomic E-state index is 4.70. The van der Waals surface area contributed by atoms with Crippen molar-refractivity contribution in [2.24, 2.45) is 0 Å². The van der Waals surface area contributed by atoms with E-state index in [1.54, 1.807) is 0 Å². The lowest BCUT2D eigenvalue weighted by atomic mass is 10.2. The van der Waals surface area contributed by atoms with Crippen molar-refractivity contribution in [3.63, 3.8) is 0 Å². The summed E-state index contributed by atoms with van der Waals surface area (Å²) in [5, 5.41) is 3.29. The van der Waals surface area contributed by atoms with Crippen molar-refractivity contribution in [3.05, 3.63) is 46.1 Å². The zero-order valence-corrected chi connectivity index (χ0v) is 14.4. The van der Waals surface area contributed by atoms with E-state index in [4.69, 9.17) is 4.98 Å². The Morgan fingerprint density at radius 3 is 3.00 bits per heavy atom. The number of aryl methyl sites for hydroxylation is 1. The molecule has 0 aliphatic carbocycles. The van der Waals surface area contributed by atoms with Crippen LogP contribution in [0.4, 0.5) is 17.5 Å². The van der Waals surface area contributed by atoms with Crippen molar-refractivity contribution in [1.82, 2.24) is 9.97 Å². The lowest BCUT2D eigenvalue weighted by Gasteiger charge is -2.26. The van der Waals surface area contributed by atoms with Gasteiger partial charge in [0.15, 0.2) is 0 Å². The van der Waals surface area contributed by atoms with Crippen molar-refractivity contribution < 1.29 is 0 Å². The average Bonchev–Trinajstić information content (AvgIpc) is 2.52. The molecule has 4 nitrogen and oxygen atoms in total. The second-order valence-electron chi connectivity index (χ2n) is 5.41. The molecule has 1 aliphatic rings. The molecule has 0 unspecified atom stereocenters. The number of benzene rings is 1. The Labute approximate surface area is 139 Å². The normalized spacial score (nSPS) is 13.1. The first-order chi connectivity index (χ1) is 10.7. The van der Waals surface area contributed by atoms with Gasteiger partial charge in [-0.1, -0.05) is 35.0 Å². The third kappa shape index (κ3) is 3.14. The molecule has 1 aliphatic heterocycles. The first-order valence-electron chi connectivity index (χ1n) is 7.49. The summed E-state index contributed by atoms with van der Waals surface area (Å²) < 4.78 is 1.10. The van der Waals surface area contributed by atoms with Crippen LogP contribution in [0.15, 0.2) is 34.9 Å². The van der Waals surface area contributed by atoms with Crippen LogP contribution in [0.3, 0.4) is 0 Å². The van der Waals surface area contributed by atoms with E-state index in [2.05, 4.69) is 63.2 Å². The summed E-state index contributed by atoms with van der Waals surface area (Å²) >= 11 is 3.52. The molecule has 0 saturated carbocycles. The van der Waals surface area contributed by atoms with Gasteiger partial charge in [0, 0.05) is 35.0 Å². The molecule has 114 valence electrons. The van der Waals surface area contributed by atoms with Crippen LogP contribution in [0.2, 0.25) is 0 Å². The predicted octanol–water partition coefficient (Wildman–Crippen LogP) is 4.53. The fraction of sp³-hybridized carbons (Fsp3) is 0.294. The molecule has 0 radical (unpaired) electrons. The van der Waals surface area contributed by atoms with Gasteiger partial charge in [-0.05, 0) is 37.1 Å². The van der Waals surface area contributed by atoms with Crippen LogP contribution in [-0.4, -0.2) is 23.1 Å². The predicted molar refractivity (Wildman–Crippen MR) is 95.7 cm³/mol. The monoisotopic (exact) mass is 358 g/mol. The molecule has 2 heterocycles. The zero-order chi connectivity index (χ0) is 15.5. The first-order valence-corrected chi connectivity index (χ1v) is 8.28. The quantitative estimate of drug-likeness (QED) is 0.871. The van der Waals surface area contributed by atoms with Gasteiger partial charge in [0.05, 0.1) is 0 Å². The zero-order valence-electron chi connectivity index (χ0n) is 12.8. The van der Waals surface area contributed by atoms with Crippen LogP contribution in [-0.2, 0) is 0 Å². The molecule has 0 atom stereocenters. The van der Waals surface area contributed by atoms with Crippen molar-refractivity contribution in [2.75, 3.05) is 23.3 Å². The van der Waals surface area contributed by atoms with Gasteiger partial charge in [0.2, 0.25) is 5.95 Å². The topological polar surface area (TPSA) is 41.1 Å². The van der Waals surface area contributed by atoms with Crippen molar-refractivity contribution >= 4 is 39.5 Å². The first kappa shape index (κ1) is 15.0. The van der Waals surface area contributed by atoms with Gasteiger partial charge in [-0.25, -0.2) is 4.98 Å². The smallest absolute Gasteiger partial charge is 0.229 e. The minimum absolute atomic E-state index is 0.636. The largest absolute Gasteiger partial charge is 0.352 e. The highest BCUT2D eigenvalue weighted by molar-refractivity contribution is 9.10. The van der Waals surface area contributed by atoms with E-state index in [0.29, 0.717) is 5.95 Å². The van der Waals surface area contributed by atoms with Gasteiger partial charge in [0.25, 0.3) is 0 Å². The highest BCUT2D eigenvalue weighted by Crippen LogP contribution is 2.26. The van der Waals surface area contributed by atoms with Crippen LogP contribution in [0.25, 0.3) is 6.08 Å². The molecule has 2 aromatic rings. The van der Waals surface area contributed by atoms with E-state index in [-0.39, 0.29) is 0 Å². The average molecular weight is 359 g/mol. The second kappa shape index (κ2) is 6.48. The molecule has 3 rings (SSSR count). The fourth-order valence-corrected chi connectivity index (χ4v) is 2.77. The van der Waals surface area contributed by atoms with E-state index in [1.807, 2.05) is 18.3 Å². The van der Waals surface area contributed by atoms with Gasteiger partial charge in [-0.3, -0.25) is 0 Å². The molecule has 1 aromatic carbocycles. The van der Waals surface area contributed by atoms with Crippen LogP contribution >= 0.6 is 15.9 Å². The minimum atomic E-state index is 0.636. The van der Waals surface area contributed by atoms with Crippen LogP contribution in [0.1, 0.15) is 24.5 Å². The standard InChI is InChI=1S/C17H19BrN4/c1-3-8-22-9-4-5-13-11-19-17(21-16(13)22)20-14-6-7-15(18)12(2)10-14/h4-7,10-11H,3,8-9H2,1-2H3,(H,19,20,21). The van der Waals surface area contributed by atoms with Gasteiger partial charge >= 0.3 is 0 Å². The molecule has 0 spiro atoms. The Balaban J connectivity index is 1.87. The molecule has 0 amide bonds. The summed E-state index contributed by atoms with van der Waals surface area (Å²) in [4.78, 5) is 11.4.